The Morgan fingerprint density at radius 2 is 2.04 bits per heavy atom. The summed E-state index contributed by atoms with van der Waals surface area (Å²) in [5.41, 5.74) is 2.05. The summed E-state index contributed by atoms with van der Waals surface area (Å²) in [6.45, 7) is 1.15. The van der Waals surface area contributed by atoms with Gasteiger partial charge in [-0.1, -0.05) is 12.1 Å². The van der Waals surface area contributed by atoms with Crippen LogP contribution < -0.4 is 0 Å². The van der Waals surface area contributed by atoms with Crippen molar-refractivity contribution < 1.29 is 4.79 Å². The highest BCUT2D eigenvalue weighted by atomic mass is 16.2. The molecule has 0 aliphatic rings. The van der Waals surface area contributed by atoms with Gasteiger partial charge in [0.1, 0.15) is 12.7 Å². The fraction of sp³-hybridized carbons (Fsp3) is 0.250. The SMILES string of the molecule is CN(Cc1cccc(-n2cccn2)c1)C(=O)CCn1cnnc1. The summed E-state index contributed by atoms with van der Waals surface area (Å²) in [7, 11) is 1.81. The van der Waals surface area contributed by atoms with E-state index in [0.29, 0.717) is 19.5 Å². The van der Waals surface area contributed by atoms with Crippen molar-refractivity contribution >= 4 is 5.91 Å². The summed E-state index contributed by atoms with van der Waals surface area (Å²) in [5, 5.41) is 11.7. The van der Waals surface area contributed by atoms with Crippen LogP contribution in [0.15, 0.2) is 55.4 Å². The molecule has 0 spiro atoms. The lowest BCUT2D eigenvalue weighted by Crippen LogP contribution is -2.27. The van der Waals surface area contributed by atoms with Crippen molar-refractivity contribution in [1.82, 2.24) is 29.4 Å². The van der Waals surface area contributed by atoms with E-state index in [2.05, 4.69) is 15.3 Å². The molecule has 0 saturated heterocycles. The summed E-state index contributed by atoms with van der Waals surface area (Å²) in [4.78, 5) is 13.9. The number of carbonyl (C=O) groups is 1. The molecule has 0 radical (unpaired) electrons. The number of hydrogen-bond donors (Lipinski definition) is 0. The number of amides is 1. The zero-order chi connectivity index (χ0) is 16.1. The molecule has 7 nitrogen and oxygen atoms in total. The molecule has 3 rings (SSSR count). The minimum atomic E-state index is 0.0863. The minimum absolute atomic E-state index is 0.0863. The van der Waals surface area contributed by atoms with Gasteiger partial charge in [-0.15, -0.1) is 10.2 Å². The van der Waals surface area contributed by atoms with Crippen LogP contribution >= 0.6 is 0 Å². The zero-order valence-corrected chi connectivity index (χ0v) is 12.9. The molecule has 0 N–H and O–H groups in total. The summed E-state index contributed by atoms with van der Waals surface area (Å²) >= 11 is 0. The summed E-state index contributed by atoms with van der Waals surface area (Å²) in [6, 6.07) is 9.90. The maximum Gasteiger partial charge on any atom is 0.224 e. The van der Waals surface area contributed by atoms with Crippen molar-refractivity contribution in [1.29, 1.82) is 0 Å². The number of nitrogens with zero attached hydrogens (tertiary/aromatic N) is 6. The van der Waals surface area contributed by atoms with Gasteiger partial charge >= 0.3 is 0 Å². The fourth-order valence-corrected chi connectivity index (χ4v) is 2.33. The Morgan fingerprint density at radius 3 is 2.78 bits per heavy atom. The molecule has 2 heterocycles. The van der Waals surface area contributed by atoms with E-state index in [1.807, 2.05) is 43.6 Å². The van der Waals surface area contributed by atoms with Crippen LogP contribution in [0.3, 0.4) is 0 Å². The lowest BCUT2D eigenvalue weighted by Gasteiger charge is -2.18. The number of carbonyl (C=O) groups excluding carboxylic acids is 1. The predicted octanol–water partition coefficient (Wildman–Crippen LogP) is 1.51. The Bertz CT molecular complexity index is 751. The van der Waals surface area contributed by atoms with Gasteiger partial charge in [0.25, 0.3) is 0 Å². The average molecular weight is 310 g/mol. The molecule has 0 saturated carbocycles. The minimum Gasteiger partial charge on any atom is -0.341 e. The first-order chi connectivity index (χ1) is 11.2. The van der Waals surface area contributed by atoms with E-state index in [9.17, 15) is 4.79 Å². The molecular weight excluding hydrogens is 292 g/mol. The second-order valence-corrected chi connectivity index (χ2v) is 5.32. The van der Waals surface area contributed by atoms with Gasteiger partial charge in [-0.2, -0.15) is 5.10 Å². The van der Waals surface area contributed by atoms with Crippen molar-refractivity contribution in [2.24, 2.45) is 0 Å². The molecule has 1 amide bonds. The monoisotopic (exact) mass is 310 g/mol. The Labute approximate surface area is 134 Å². The van der Waals surface area contributed by atoms with Crippen LogP contribution in [0.5, 0.6) is 0 Å². The van der Waals surface area contributed by atoms with E-state index in [1.165, 1.54) is 0 Å². The number of rotatable bonds is 6. The summed E-state index contributed by atoms with van der Waals surface area (Å²) in [5.74, 6) is 0.0863. The van der Waals surface area contributed by atoms with Gasteiger partial charge in [0.15, 0.2) is 0 Å². The van der Waals surface area contributed by atoms with Crippen LogP contribution in [-0.4, -0.2) is 42.4 Å². The molecule has 3 aromatic rings. The maximum atomic E-state index is 12.2. The molecule has 7 heteroatoms. The predicted molar refractivity (Wildman–Crippen MR) is 84.7 cm³/mol. The Hall–Kier alpha value is -2.96. The molecule has 118 valence electrons. The van der Waals surface area contributed by atoms with Crippen molar-refractivity contribution in [2.45, 2.75) is 19.5 Å². The highest BCUT2D eigenvalue weighted by Crippen LogP contribution is 2.11. The van der Waals surface area contributed by atoms with Gasteiger partial charge in [0, 0.05) is 39.0 Å². The van der Waals surface area contributed by atoms with E-state index >= 15 is 0 Å². The van der Waals surface area contributed by atoms with Gasteiger partial charge in [-0.05, 0) is 23.8 Å². The number of hydrogen-bond acceptors (Lipinski definition) is 4. The first-order valence-electron chi connectivity index (χ1n) is 7.38. The third-order valence-corrected chi connectivity index (χ3v) is 3.58. The quantitative estimate of drug-likeness (QED) is 0.692. The Kier molecular flexibility index (Phi) is 4.46. The Morgan fingerprint density at radius 1 is 1.22 bits per heavy atom. The van der Waals surface area contributed by atoms with Gasteiger partial charge in [-0.25, -0.2) is 4.68 Å². The second-order valence-electron chi connectivity index (χ2n) is 5.32. The van der Waals surface area contributed by atoms with Crippen LogP contribution in [0.2, 0.25) is 0 Å². The first kappa shape index (κ1) is 15.0. The van der Waals surface area contributed by atoms with Crippen LogP contribution in [0.4, 0.5) is 0 Å². The molecule has 0 unspecified atom stereocenters. The smallest absolute Gasteiger partial charge is 0.224 e. The number of aromatic nitrogens is 5. The molecule has 0 bridgehead atoms. The molecule has 2 aromatic heterocycles. The topological polar surface area (TPSA) is 68.8 Å². The summed E-state index contributed by atoms with van der Waals surface area (Å²) < 4.78 is 3.60. The maximum absolute atomic E-state index is 12.2. The third kappa shape index (κ3) is 3.82. The highest BCUT2D eigenvalue weighted by molar-refractivity contribution is 5.75. The molecule has 0 atom stereocenters. The average Bonchev–Trinajstić information content (AvgIpc) is 3.26. The molecule has 0 fully saturated rings. The van der Waals surface area contributed by atoms with E-state index in [-0.39, 0.29) is 5.91 Å². The van der Waals surface area contributed by atoms with E-state index < -0.39 is 0 Å². The van der Waals surface area contributed by atoms with Crippen molar-refractivity contribution in [3.63, 3.8) is 0 Å². The molecule has 23 heavy (non-hydrogen) atoms. The summed E-state index contributed by atoms with van der Waals surface area (Å²) in [6.07, 6.45) is 7.29. The first-order valence-corrected chi connectivity index (χ1v) is 7.38. The van der Waals surface area contributed by atoms with Crippen molar-refractivity contribution in [2.75, 3.05) is 7.05 Å². The normalized spacial score (nSPS) is 10.7. The number of aryl methyl sites for hydroxylation is 1. The van der Waals surface area contributed by atoms with Crippen LogP contribution in [0, 0.1) is 0 Å². The van der Waals surface area contributed by atoms with Gasteiger partial charge in [0.05, 0.1) is 5.69 Å². The molecule has 1 aromatic carbocycles. The van der Waals surface area contributed by atoms with Crippen LogP contribution in [0.1, 0.15) is 12.0 Å². The third-order valence-electron chi connectivity index (χ3n) is 3.58. The van der Waals surface area contributed by atoms with Crippen LogP contribution in [0.25, 0.3) is 5.69 Å². The van der Waals surface area contributed by atoms with Gasteiger partial charge in [0.2, 0.25) is 5.91 Å². The van der Waals surface area contributed by atoms with E-state index in [0.717, 1.165) is 11.3 Å². The largest absolute Gasteiger partial charge is 0.341 e. The lowest BCUT2D eigenvalue weighted by molar-refractivity contribution is -0.130. The number of benzene rings is 1. The standard InChI is InChI=1S/C16H18N6O/c1-20(16(23)6-9-21-12-17-18-13-21)11-14-4-2-5-15(10-14)22-8-3-7-19-22/h2-5,7-8,10,12-13H,6,9,11H2,1H3. The molecular formula is C16H18N6O. The van der Waals surface area contributed by atoms with Gasteiger partial charge < -0.3 is 9.47 Å². The van der Waals surface area contributed by atoms with E-state index in [4.69, 9.17) is 0 Å². The van der Waals surface area contributed by atoms with Crippen molar-refractivity contribution in [3.05, 3.63) is 60.9 Å². The lowest BCUT2D eigenvalue weighted by atomic mass is 10.2. The highest BCUT2D eigenvalue weighted by Gasteiger charge is 2.10. The zero-order valence-electron chi connectivity index (χ0n) is 12.9. The molecule has 0 aliphatic carbocycles. The fourth-order valence-electron chi connectivity index (χ4n) is 2.33. The molecule has 0 aliphatic heterocycles. The Balaban J connectivity index is 1.60. The second kappa shape index (κ2) is 6.87. The van der Waals surface area contributed by atoms with Crippen LogP contribution in [-0.2, 0) is 17.9 Å². The van der Waals surface area contributed by atoms with Gasteiger partial charge in [-0.3, -0.25) is 4.79 Å². The van der Waals surface area contributed by atoms with E-state index in [1.54, 1.807) is 33.0 Å². The van der Waals surface area contributed by atoms with Crippen molar-refractivity contribution in [3.8, 4) is 5.69 Å².